The van der Waals surface area contributed by atoms with E-state index in [4.69, 9.17) is 5.11 Å². The number of nitrogens with zero attached hydrogens (tertiary/aromatic N) is 2. The number of rotatable bonds is 8. The second kappa shape index (κ2) is 7.92. The lowest BCUT2D eigenvalue weighted by atomic mass is 9.90. The third-order valence-corrected chi connectivity index (χ3v) is 3.85. The minimum absolute atomic E-state index is 0.0310. The lowest BCUT2D eigenvalue weighted by molar-refractivity contribution is -0.121. The van der Waals surface area contributed by atoms with Gasteiger partial charge in [-0.2, -0.15) is 5.10 Å². The molecule has 2 rings (SSSR count). The molecule has 0 fully saturated rings. The van der Waals surface area contributed by atoms with Gasteiger partial charge in [-0.05, 0) is 36.0 Å². The average Bonchev–Trinajstić information content (AvgIpc) is 3.01. The summed E-state index contributed by atoms with van der Waals surface area (Å²) >= 11 is 0. The number of amides is 1. The molecular formula is C18H25N3O2. The number of carbonyl (C=O) groups is 1. The first-order chi connectivity index (χ1) is 11.0. The molecular weight excluding hydrogens is 290 g/mol. The molecule has 0 saturated carbocycles. The molecule has 0 aliphatic carbocycles. The Morgan fingerprint density at radius 3 is 2.74 bits per heavy atom. The average molecular weight is 315 g/mol. The van der Waals surface area contributed by atoms with Gasteiger partial charge in [-0.1, -0.05) is 32.0 Å². The smallest absolute Gasteiger partial charge is 0.220 e. The van der Waals surface area contributed by atoms with E-state index in [2.05, 4.69) is 10.4 Å². The zero-order chi connectivity index (χ0) is 16.7. The van der Waals surface area contributed by atoms with Crippen molar-refractivity contribution in [2.24, 2.45) is 5.41 Å². The summed E-state index contributed by atoms with van der Waals surface area (Å²) in [4.78, 5) is 11.9. The Hall–Kier alpha value is -2.14. The highest BCUT2D eigenvalue weighted by molar-refractivity contribution is 5.76. The molecule has 1 amide bonds. The van der Waals surface area contributed by atoms with E-state index < -0.39 is 0 Å². The van der Waals surface area contributed by atoms with E-state index in [9.17, 15) is 4.79 Å². The lowest BCUT2D eigenvalue weighted by Gasteiger charge is -2.23. The SMILES string of the molecule is CC(C)(CCO)CNC(=O)CCc1cnn(-c2ccccc2)c1. The number of hydrogen-bond acceptors (Lipinski definition) is 3. The van der Waals surface area contributed by atoms with Crippen LogP contribution in [0.2, 0.25) is 0 Å². The molecule has 0 unspecified atom stereocenters. The second-order valence-corrected chi connectivity index (χ2v) is 6.54. The van der Waals surface area contributed by atoms with E-state index in [-0.39, 0.29) is 17.9 Å². The lowest BCUT2D eigenvalue weighted by Crippen LogP contribution is -2.34. The molecule has 0 aliphatic heterocycles. The van der Waals surface area contributed by atoms with Crippen LogP contribution in [0.4, 0.5) is 0 Å². The Labute approximate surface area is 137 Å². The van der Waals surface area contributed by atoms with Crippen molar-refractivity contribution < 1.29 is 9.90 Å². The van der Waals surface area contributed by atoms with Crippen LogP contribution in [0.1, 0.15) is 32.3 Å². The van der Waals surface area contributed by atoms with Crippen LogP contribution in [-0.4, -0.2) is 33.9 Å². The first-order valence-corrected chi connectivity index (χ1v) is 7.97. The number of aliphatic hydroxyl groups is 1. The molecule has 5 heteroatoms. The predicted octanol–water partition coefficient (Wildman–Crippen LogP) is 2.33. The van der Waals surface area contributed by atoms with Gasteiger partial charge >= 0.3 is 0 Å². The highest BCUT2D eigenvalue weighted by Crippen LogP contribution is 2.18. The minimum atomic E-state index is -0.0808. The molecule has 0 bridgehead atoms. The van der Waals surface area contributed by atoms with Gasteiger partial charge in [-0.25, -0.2) is 4.68 Å². The van der Waals surface area contributed by atoms with Gasteiger partial charge in [0.05, 0.1) is 11.9 Å². The van der Waals surface area contributed by atoms with Crippen LogP contribution < -0.4 is 5.32 Å². The number of aromatic nitrogens is 2. The largest absolute Gasteiger partial charge is 0.396 e. The van der Waals surface area contributed by atoms with Gasteiger partial charge in [0, 0.05) is 25.8 Å². The summed E-state index contributed by atoms with van der Waals surface area (Å²) in [5.41, 5.74) is 1.97. The van der Waals surface area contributed by atoms with E-state index >= 15 is 0 Å². The highest BCUT2D eigenvalue weighted by Gasteiger charge is 2.18. The number of aryl methyl sites for hydroxylation is 1. The van der Waals surface area contributed by atoms with Crippen molar-refractivity contribution in [3.63, 3.8) is 0 Å². The van der Waals surface area contributed by atoms with Gasteiger partial charge in [0.15, 0.2) is 0 Å². The Morgan fingerprint density at radius 1 is 1.30 bits per heavy atom. The van der Waals surface area contributed by atoms with Crippen molar-refractivity contribution in [1.82, 2.24) is 15.1 Å². The molecule has 0 saturated heterocycles. The molecule has 0 spiro atoms. The first kappa shape index (κ1) is 17.2. The van der Waals surface area contributed by atoms with Crippen molar-refractivity contribution in [3.8, 4) is 5.69 Å². The summed E-state index contributed by atoms with van der Waals surface area (Å²) in [5.74, 6) is 0.0310. The molecule has 1 aromatic heterocycles. The third-order valence-electron chi connectivity index (χ3n) is 3.85. The normalized spacial score (nSPS) is 11.4. The number of hydrogen-bond donors (Lipinski definition) is 2. The van der Waals surface area contributed by atoms with Gasteiger partial charge in [0.1, 0.15) is 0 Å². The first-order valence-electron chi connectivity index (χ1n) is 7.97. The summed E-state index contributed by atoms with van der Waals surface area (Å²) in [6.07, 6.45) is 5.54. The standard InChI is InChI=1S/C18H25N3O2/c1-18(2,10-11-22)14-19-17(23)9-8-15-12-20-21(13-15)16-6-4-3-5-7-16/h3-7,12-13,22H,8-11,14H2,1-2H3,(H,19,23). The molecule has 2 aromatic rings. The van der Waals surface area contributed by atoms with Crippen LogP contribution in [0.25, 0.3) is 5.69 Å². The Balaban J connectivity index is 1.80. The van der Waals surface area contributed by atoms with Crippen LogP contribution in [0, 0.1) is 5.41 Å². The van der Waals surface area contributed by atoms with E-state index in [1.54, 1.807) is 6.20 Å². The zero-order valence-corrected chi connectivity index (χ0v) is 13.8. The van der Waals surface area contributed by atoms with E-state index in [0.29, 0.717) is 25.8 Å². The summed E-state index contributed by atoms with van der Waals surface area (Å²) in [6, 6.07) is 9.90. The minimum Gasteiger partial charge on any atom is -0.396 e. The summed E-state index contributed by atoms with van der Waals surface area (Å²) in [6.45, 7) is 4.79. The second-order valence-electron chi connectivity index (χ2n) is 6.54. The van der Waals surface area contributed by atoms with E-state index in [0.717, 1.165) is 11.3 Å². The fourth-order valence-corrected chi connectivity index (χ4v) is 2.29. The number of aliphatic hydroxyl groups excluding tert-OH is 1. The third kappa shape index (κ3) is 5.53. The number of carbonyl (C=O) groups excluding carboxylic acids is 1. The van der Waals surface area contributed by atoms with E-state index in [1.165, 1.54) is 0 Å². The molecule has 124 valence electrons. The number of benzene rings is 1. The maximum absolute atomic E-state index is 11.9. The Bertz CT molecular complexity index is 620. The number of para-hydroxylation sites is 1. The summed E-state index contributed by atoms with van der Waals surface area (Å²) in [7, 11) is 0. The maximum atomic E-state index is 11.9. The van der Waals surface area contributed by atoms with Crippen LogP contribution >= 0.6 is 0 Å². The van der Waals surface area contributed by atoms with Crippen LogP contribution in [0.15, 0.2) is 42.7 Å². The Morgan fingerprint density at radius 2 is 2.04 bits per heavy atom. The van der Waals surface area contributed by atoms with Crippen molar-refractivity contribution in [2.75, 3.05) is 13.2 Å². The van der Waals surface area contributed by atoms with Crippen molar-refractivity contribution >= 4 is 5.91 Å². The molecule has 2 N–H and O–H groups in total. The van der Waals surface area contributed by atoms with Gasteiger partial charge < -0.3 is 10.4 Å². The monoisotopic (exact) mass is 315 g/mol. The van der Waals surface area contributed by atoms with Gasteiger partial charge in [0.25, 0.3) is 0 Å². The van der Waals surface area contributed by atoms with Crippen LogP contribution in [0.5, 0.6) is 0 Å². The van der Waals surface area contributed by atoms with Crippen LogP contribution in [-0.2, 0) is 11.2 Å². The fourth-order valence-electron chi connectivity index (χ4n) is 2.29. The molecule has 23 heavy (non-hydrogen) atoms. The van der Waals surface area contributed by atoms with E-state index in [1.807, 2.05) is 55.1 Å². The molecule has 0 radical (unpaired) electrons. The number of nitrogens with one attached hydrogen (secondary N) is 1. The molecule has 0 aliphatic rings. The van der Waals surface area contributed by atoms with Gasteiger partial charge in [-0.15, -0.1) is 0 Å². The van der Waals surface area contributed by atoms with Crippen molar-refractivity contribution in [2.45, 2.75) is 33.1 Å². The molecule has 1 aromatic carbocycles. The quantitative estimate of drug-likeness (QED) is 0.785. The maximum Gasteiger partial charge on any atom is 0.220 e. The highest BCUT2D eigenvalue weighted by atomic mass is 16.3. The zero-order valence-electron chi connectivity index (χ0n) is 13.8. The summed E-state index contributed by atoms with van der Waals surface area (Å²) < 4.78 is 1.82. The fraction of sp³-hybridized carbons (Fsp3) is 0.444. The topological polar surface area (TPSA) is 67.2 Å². The summed E-state index contributed by atoms with van der Waals surface area (Å²) in [5, 5.41) is 16.3. The molecule has 5 nitrogen and oxygen atoms in total. The van der Waals surface area contributed by atoms with Gasteiger partial charge in [0.2, 0.25) is 5.91 Å². The molecule has 0 atom stereocenters. The van der Waals surface area contributed by atoms with Gasteiger partial charge in [-0.3, -0.25) is 4.79 Å². The Kier molecular flexibility index (Phi) is 5.93. The van der Waals surface area contributed by atoms with Crippen LogP contribution in [0.3, 0.4) is 0 Å². The predicted molar refractivity (Wildman–Crippen MR) is 90.4 cm³/mol. The van der Waals surface area contributed by atoms with Crippen molar-refractivity contribution in [3.05, 3.63) is 48.3 Å². The molecule has 1 heterocycles. The van der Waals surface area contributed by atoms with Crippen molar-refractivity contribution in [1.29, 1.82) is 0 Å².